The van der Waals surface area contributed by atoms with E-state index in [2.05, 4.69) is 23.8 Å². The summed E-state index contributed by atoms with van der Waals surface area (Å²) in [5.41, 5.74) is 0.892. The lowest BCUT2D eigenvalue weighted by atomic mass is 10.1. The van der Waals surface area contributed by atoms with Gasteiger partial charge in [0.1, 0.15) is 11.5 Å². The predicted octanol–water partition coefficient (Wildman–Crippen LogP) is 3.12. The van der Waals surface area contributed by atoms with E-state index in [0.717, 1.165) is 18.4 Å². The molecule has 0 N–H and O–H groups in total. The number of hydrogen-bond acceptors (Lipinski definition) is 3. The van der Waals surface area contributed by atoms with E-state index in [1.54, 1.807) is 0 Å². The van der Waals surface area contributed by atoms with E-state index in [1.165, 1.54) is 6.33 Å². The van der Waals surface area contributed by atoms with E-state index in [0.29, 0.717) is 23.6 Å². The Balaban J connectivity index is 2.64. The molecule has 0 aliphatic carbocycles. The SMILES string of the molecule is CCc1c(Cl)ncnc1OCCC(C)C. The van der Waals surface area contributed by atoms with Crippen LogP contribution in [0, 0.1) is 5.92 Å². The van der Waals surface area contributed by atoms with Crippen molar-refractivity contribution in [2.45, 2.75) is 33.6 Å². The summed E-state index contributed by atoms with van der Waals surface area (Å²) in [6.07, 6.45) is 3.24. The molecule has 0 aliphatic rings. The second kappa shape index (κ2) is 5.91. The quantitative estimate of drug-likeness (QED) is 0.727. The molecule has 15 heavy (non-hydrogen) atoms. The number of hydrogen-bond donors (Lipinski definition) is 0. The zero-order valence-electron chi connectivity index (χ0n) is 9.46. The third kappa shape index (κ3) is 3.67. The van der Waals surface area contributed by atoms with Gasteiger partial charge in [0.2, 0.25) is 5.88 Å². The van der Waals surface area contributed by atoms with Gasteiger partial charge in [-0.15, -0.1) is 0 Å². The maximum absolute atomic E-state index is 5.94. The van der Waals surface area contributed by atoms with Gasteiger partial charge in [0.15, 0.2) is 0 Å². The number of rotatable bonds is 5. The third-order valence-corrected chi connectivity index (χ3v) is 2.47. The van der Waals surface area contributed by atoms with Crippen LogP contribution in [0.25, 0.3) is 0 Å². The Morgan fingerprint density at radius 1 is 1.40 bits per heavy atom. The smallest absolute Gasteiger partial charge is 0.221 e. The van der Waals surface area contributed by atoms with Crippen molar-refractivity contribution >= 4 is 11.6 Å². The molecule has 1 aromatic heterocycles. The monoisotopic (exact) mass is 228 g/mol. The Hall–Kier alpha value is -0.830. The van der Waals surface area contributed by atoms with E-state index < -0.39 is 0 Å². The Morgan fingerprint density at radius 3 is 2.73 bits per heavy atom. The van der Waals surface area contributed by atoms with Gasteiger partial charge in [-0.25, -0.2) is 9.97 Å². The molecule has 3 nitrogen and oxygen atoms in total. The highest BCUT2D eigenvalue weighted by Crippen LogP contribution is 2.22. The van der Waals surface area contributed by atoms with Crippen molar-refractivity contribution in [2.24, 2.45) is 5.92 Å². The first kappa shape index (κ1) is 12.2. The molecule has 0 saturated carbocycles. The van der Waals surface area contributed by atoms with Gasteiger partial charge in [0.05, 0.1) is 12.2 Å². The molecule has 0 radical (unpaired) electrons. The maximum Gasteiger partial charge on any atom is 0.221 e. The van der Waals surface area contributed by atoms with E-state index in [9.17, 15) is 0 Å². The van der Waals surface area contributed by atoms with Crippen LogP contribution in [0.4, 0.5) is 0 Å². The van der Waals surface area contributed by atoms with Crippen molar-refractivity contribution in [3.8, 4) is 5.88 Å². The molecule has 0 aliphatic heterocycles. The van der Waals surface area contributed by atoms with Gasteiger partial charge >= 0.3 is 0 Å². The molecule has 0 bridgehead atoms. The largest absolute Gasteiger partial charge is 0.477 e. The molecule has 1 heterocycles. The lowest BCUT2D eigenvalue weighted by Gasteiger charge is -2.10. The van der Waals surface area contributed by atoms with Crippen LogP contribution in [-0.2, 0) is 6.42 Å². The van der Waals surface area contributed by atoms with Crippen molar-refractivity contribution < 1.29 is 4.74 Å². The Kier molecular flexibility index (Phi) is 4.82. The molecular formula is C11H17ClN2O. The van der Waals surface area contributed by atoms with Crippen LogP contribution >= 0.6 is 11.6 Å². The Labute approximate surface area is 95.8 Å². The van der Waals surface area contributed by atoms with Crippen molar-refractivity contribution in [2.75, 3.05) is 6.61 Å². The van der Waals surface area contributed by atoms with Crippen LogP contribution in [-0.4, -0.2) is 16.6 Å². The fourth-order valence-corrected chi connectivity index (χ4v) is 1.45. The Morgan fingerprint density at radius 2 is 2.13 bits per heavy atom. The van der Waals surface area contributed by atoms with E-state index >= 15 is 0 Å². The summed E-state index contributed by atoms with van der Waals surface area (Å²) in [7, 11) is 0. The minimum Gasteiger partial charge on any atom is -0.477 e. The summed E-state index contributed by atoms with van der Waals surface area (Å²) in [5, 5.41) is 0.493. The van der Waals surface area contributed by atoms with Gasteiger partial charge in [-0.3, -0.25) is 0 Å². The normalized spacial score (nSPS) is 10.7. The number of halogens is 1. The molecule has 1 rings (SSSR count). The standard InChI is InChI=1S/C11H17ClN2O/c1-4-9-10(12)13-7-14-11(9)15-6-5-8(2)3/h7-8H,4-6H2,1-3H3. The fraction of sp³-hybridized carbons (Fsp3) is 0.636. The second-order valence-electron chi connectivity index (χ2n) is 3.83. The molecule has 0 spiro atoms. The minimum atomic E-state index is 0.493. The highest BCUT2D eigenvalue weighted by Gasteiger charge is 2.08. The summed E-state index contributed by atoms with van der Waals surface area (Å²) in [5.74, 6) is 1.26. The zero-order chi connectivity index (χ0) is 11.3. The van der Waals surface area contributed by atoms with Crippen molar-refractivity contribution in [3.05, 3.63) is 17.0 Å². The van der Waals surface area contributed by atoms with Gasteiger partial charge in [-0.2, -0.15) is 0 Å². The molecule has 0 unspecified atom stereocenters. The van der Waals surface area contributed by atoms with Crippen LogP contribution < -0.4 is 4.74 Å². The van der Waals surface area contributed by atoms with E-state index in [4.69, 9.17) is 16.3 Å². The van der Waals surface area contributed by atoms with Crippen molar-refractivity contribution in [3.63, 3.8) is 0 Å². The molecule has 84 valence electrons. The topological polar surface area (TPSA) is 35.0 Å². The summed E-state index contributed by atoms with van der Waals surface area (Å²) in [6.45, 7) is 7.02. The highest BCUT2D eigenvalue weighted by atomic mass is 35.5. The average molecular weight is 229 g/mol. The Bertz CT molecular complexity index is 315. The van der Waals surface area contributed by atoms with Crippen molar-refractivity contribution in [1.29, 1.82) is 0 Å². The predicted molar refractivity (Wildman–Crippen MR) is 61.4 cm³/mol. The zero-order valence-corrected chi connectivity index (χ0v) is 10.2. The fourth-order valence-electron chi connectivity index (χ4n) is 1.19. The van der Waals surface area contributed by atoms with Crippen molar-refractivity contribution in [1.82, 2.24) is 9.97 Å². The van der Waals surface area contributed by atoms with Gasteiger partial charge < -0.3 is 4.74 Å². The molecule has 4 heteroatoms. The maximum atomic E-state index is 5.94. The van der Waals surface area contributed by atoms with Crippen LogP contribution in [0.1, 0.15) is 32.8 Å². The summed E-state index contributed by atoms with van der Waals surface area (Å²) in [4.78, 5) is 8.02. The lowest BCUT2D eigenvalue weighted by Crippen LogP contribution is -2.05. The van der Waals surface area contributed by atoms with Gasteiger partial charge in [0.25, 0.3) is 0 Å². The highest BCUT2D eigenvalue weighted by molar-refractivity contribution is 6.30. The van der Waals surface area contributed by atoms with Crippen LogP contribution in [0.2, 0.25) is 5.15 Å². The van der Waals surface area contributed by atoms with E-state index in [-0.39, 0.29) is 0 Å². The number of aromatic nitrogens is 2. The van der Waals surface area contributed by atoms with Gasteiger partial charge in [-0.05, 0) is 18.8 Å². The molecule has 0 amide bonds. The van der Waals surface area contributed by atoms with Crippen LogP contribution in [0.5, 0.6) is 5.88 Å². The van der Waals surface area contributed by atoms with Gasteiger partial charge in [0, 0.05) is 0 Å². The first-order chi connectivity index (χ1) is 7.15. The molecule has 0 saturated heterocycles. The lowest BCUT2D eigenvalue weighted by molar-refractivity contribution is 0.276. The molecule has 0 fully saturated rings. The first-order valence-electron chi connectivity index (χ1n) is 5.27. The molecule has 0 aromatic carbocycles. The second-order valence-corrected chi connectivity index (χ2v) is 4.19. The van der Waals surface area contributed by atoms with E-state index in [1.807, 2.05) is 6.92 Å². The molecule has 1 aromatic rings. The summed E-state index contributed by atoms with van der Waals surface area (Å²) >= 11 is 5.94. The number of ether oxygens (including phenoxy) is 1. The first-order valence-corrected chi connectivity index (χ1v) is 5.65. The molecule has 0 atom stereocenters. The van der Waals surface area contributed by atoms with Gasteiger partial charge in [-0.1, -0.05) is 32.4 Å². The summed E-state index contributed by atoms with van der Waals surface area (Å²) < 4.78 is 5.58. The summed E-state index contributed by atoms with van der Waals surface area (Å²) in [6, 6.07) is 0. The minimum absolute atomic E-state index is 0.493. The van der Waals surface area contributed by atoms with Crippen LogP contribution in [0.3, 0.4) is 0 Å². The number of nitrogens with zero attached hydrogens (tertiary/aromatic N) is 2. The third-order valence-electron chi connectivity index (χ3n) is 2.14. The molecular weight excluding hydrogens is 212 g/mol. The average Bonchev–Trinajstić information content (AvgIpc) is 2.17. The van der Waals surface area contributed by atoms with Crippen LogP contribution in [0.15, 0.2) is 6.33 Å².